The minimum atomic E-state index is -0.0929. The number of nitrogens with one attached hydrogen (secondary N) is 5. The van der Waals surface area contributed by atoms with Crippen LogP contribution in [-0.4, -0.2) is 178 Å². The van der Waals surface area contributed by atoms with Gasteiger partial charge in [0.1, 0.15) is 75.5 Å². The van der Waals surface area contributed by atoms with Crippen LogP contribution in [0.4, 0.5) is 23.4 Å². The second kappa shape index (κ2) is 45.7. The molecule has 21 aromatic rings. The summed E-state index contributed by atoms with van der Waals surface area (Å²) in [4.78, 5) is 114. The molecular formula is C99H80Br5N35O10. The van der Waals surface area contributed by atoms with Crippen molar-refractivity contribution in [2.45, 2.75) is 66.7 Å². The number of fused-ring (bicyclic) bond motifs is 7. The summed E-state index contributed by atoms with van der Waals surface area (Å²) in [5.74, 6) is 6.36. The van der Waals surface area contributed by atoms with E-state index in [1.54, 1.807) is 73.3 Å². The number of aromatic hydroxyl groups is 1. The molecule has 45 nitrogen and oxygen atoms in total. The van der Waals surface area contributed by atoms with Gasteiger partial charge in [-0.05, 0) is 193 Å². The van der Waals surface area contributed by atoms with E-state index in [-0.39, 0.29) is 70.6 Å². The fourth-order valence-electron chi connectivity index (χ4n) is 15.1. The summed E-state index contributed by atoms with van der Waals surface area (Å²) in [5.41, 5.74) is 29.2. The minimum absolute atomic E-state index is 0.0272. The van der Waals surface area contributed by atoms with Crippen LogP contribution in [0.2, 0.25) is 0 Å². The predicted octanol–water partition coefficient (Wildman–Crippen LogP) is 20.7. The average molecular weight is 2320 g/mol. The third-order valence-corrected chi connectivity index (χ3v) is 26.3. The first-order chi connectivity index (χ1) is 72.3. The normalized spacial score (nSPS) is 11.6. The molecule has 17 aromatic heterocycles. The minimum Gasteiger partial charge on any atom is -0.508 e. The van der Waals surface area contributed by atoms with Gasteiger partial charge >= 0.3 is 30.1 Å². The fourth-order valence-corrected chi connectivity index (χ4v) is 18.8. The van der Waals surface area contributed by atoms with Gasteiger partial charge in [0.2, 0.25) is 35.4 Å². The molecule has 0 unspecified atom stereocenters. The SMILES string of the molecule is CCc1[nH]c2nc(Oc3ccc4nccnc4c3)nc(N3CC(CN(C)C)C3)c2c1Br.CCc1[nH]c2nc(Oc3cnc(N)nc3)nc(Oc3cnc(N)nc3)c2c1Br.CCc1[nH]c2nc(Oc3cnc4cccnc4c3)nc(Oc3cccc(C#N)c3)c2c1Br.CCc1[nH]c2nc(Oc3cncnc3)nc(Oc3cc(N)cc(C#N)c3)c2c1Br.CCc1[nH]c2nc(Oc3cncnc3)nc(Oc3cc(O)cc(C#N)c3)c2c1Br. The van der Waals surface area contributed by atoms with Crippen molar-refractivity contribution in [1.82, 2.24) is 139 Å². The first kappa shape index (κ1) is 101. The molecule has 4 aromatic carbocycles. The maximum absolute atomic E-state index is 9.84. The van der Waals surface area contributed by atoms with Crippen LogP contribution in [0, 0.1) is 39.9 Å². The number of aromatic nitrogens is 27. The molecule has 1 fully saturated rings. The van der Waals surface area contributed by atoms with Crippen molar-refractivity contribution in [3.63, 3.8) is 0 Å². The molecule has 0 aliphatic carbocycles. The highest BCUT2D eigenvalue weighted by Gasteiger charge is 2.33. The maximum Gasteiger partial charge on any atom is 0.327 e. The summed E-state index contributed by atoms with van der Waals surface area (Å²) < 4.78 is 57.0. The Balaban J connectivity index is 0.000000122. The molecule has 1 aliphatic rings. The van der Waals surface area contributed by atoms with Crippen LogP contribution in [0.1, 0.15) is 79.8 Å². The van der Waals surface area contributed by atoms with Gasteiger partial charge in [0.15, 0.2) is 28.7 Å². The molecule has 0 spiro atoms. The number of anilines is 4. The summed E-state index contributed by atoms with van der Waals surface area (Å²) in [6.45, 7) is 13.2. The van der Waals surface area contributed by atoms with Crippen molar-refractivity contribution in [1.29, 1.82) is 15.8 Å². The molecule has 12 N–H and O–H groups in total. The molecule has 0 saturated carbocycles. The summed E-state index contributed by atoms with van der Waals surface area (Å²) in [6, 6.07) is 33.6. The molecule has 22 rings (SSSR count). The second-order valence-corrected chi connectivity index (χ2v) is 36.5. The standard InChI is InChI=1S/C23H15BrN6O2.C22H24BrN7O.C19H14BrN7O2.C19H13BrN6O3.C16H14BrN9O2/c1-2-16-20(24)19-21(28-16)29-23(30-22(19)31-14-6-3-5-13(9-14)11-25)32-15-10-18-17(27-12-15)7-4-8-26-18;1-4-15-19(23)18-20(26-15)27-22(28-21(18)30-11-13(12-30)10-29(2)3)31-14-5-6-16-17(9-14)25-8-7-24-16;1-2-14-16(20)15-17(25-14)26-19(29-13-7-23-9-24-8-13)27-18(15)28-12-4-10(6-21)3-11(22)5-12;1-2-14-16(20)15-17(24-14)25-19(29-13-7-22-9-23-8-13)26-18(15)28-12-4-10(6-21)3-11(27)5-12;1-2-9-11(17)10-12(24-9)25-16(28-8-5-22-15(19)23-6-8)26-13(10)27-7-3-20-14(18)21-4-7/h3-10,12H,2H2,1H3,(H,28,29,30);5-9,13H,4,10-12H2,1-3H3,(H,26,27,28);3-5,7-9H,2,22H2,1H3,(H,25,26,27);3-5,7-9,27H,2H2,1H3,(H,24,25,26);3-6H,2H2,1H3,(H2,18,20,21)(H2,19,22,23)(H,24,25,26). The van der Waals surface area contributed by atoms with E-state index in [0.29, 0.717) is 130 Å². The van der Waals surface area contributed by atoms with Crippen molar-refractivity contribution in [2.24, 2.45) is 5.92 Å². The molecule has 0 amide bonds. The number of ether oxygens (including phenoxy) is 9. The number of H-pyrrole nitrogens is 5. The first-order valence-corrected chi connectivity index (χ1v) is 49.3. The molecule has 149 heavy (non-hydrogen) atoms. The van der Waals surface area contributed by atoms with Gasteiger partial charge in [0.25, 0.3) is 0 Å². The summed E-state index contributed by atoms with van der Waals surface area (Å²) in [6.07, 6.45) is 25.0. The third-order valence-electron chi connectivity index (χ3n) is 21.9. The summed E-state index contributed by atoms with van der Waals surface area (Å²) in [5, 5.41) is 41.0. The molecule has 0 atom stereocenters. The number of nitrogens with two attached hydrogens (primary N) is 3. The predicted molar refractivity (Wildman–Crippen MR) is 565 cm³/mol. The highest BCUT2D eigenvalue weighted by Crippen LogP contribution is 2.46. The molecule has 746 valence electrons. The Bertz CT molecular complexity index is 8480. The number of nitriles is 3. The van der Waals surface area contributed by atoms with E-state index in [4.69, 9.17) is 70.1 Å². The zero-order chi connectivity index (χ0) is 104. The number of aryl methyl sites for hydroxylation is 5. The lowest BCUT2D eigenvalue weighted by atomic mass is 9.99. The van der Waals surface area contributed by atoms with E-state index in [0.717, 1.165) is 136 Å². The van der Waals surface area contributed by atoms with Crippen molar-refractivity contribution >= 4 is 180 Å². The average Bonchev–Trinajstić information content (AvgIpc) is 1.57. The van der Waals surface area contributed by atoms with E-state index < -0.39 is 0 Å². The highest BCUT2D eigenvalue weighted by atomic mass is 79.9. The van der Waals surface area contributed by atoms with E-state index in [1.165, 1.54) is 80.4 Å². The number of phenols is 1. The van der Waals surface area contributed by atoms with Gasteiger partial charge in [-0.2, -0.15) is 65.6 Å². The zero-order valence-corrected chi connectivity index (χ0v) is 87.3. The number of nitrogens with zero attached hydrogens (tertiary/aromatic N) is 27. The monoisotopic (exact) mass is 2310 g/mol. The van der Waals surface area contributed by atoms with Crippen LogP contribution in [0.3, 0.4) is 0 Å². The van der Waals surface area contributed by atoms with Crippen LogP contribution in [-0.2, 0) is 32.1 Å². The van der Waals surface area contributed by atoms with E-state index in [2.05, 4.69) is 252 Å². The third kappa shape index (κ3) is 23.8. The zero-order valence-electron chi connectivity index (χ0n) is 79.4. The highest BCUT2D eigenvalue weighted by molar-refractivity contribution is 9.11. The smallest absolute Gasteiger partial charge is 0.327 e. The largest absolute Gasteiger partial charge is 0.508 e. The van der Waals surface area contributed by atoms with Gasteiger partial charge in [-0.3, -0.25) is 19.9 Å². The summed E-state index contributed by atoms with van der Waals surface area (Å²) in [7, 11) is 4.23. The van der Waals surface area contributed by atoms with Crippen molar-refractivity contribution in [3.8, 4) is 129 Å². The van der Waals surface area contributed by atoms with Gasteiger partial charge in [0.05, 0.1) is 162 Å². The number of rotatable bonds is 26. The van der Waals surface area contributed by atoms with Gasteiger partial charge in [-0.1, -0.05) is 40.7 Å². The number of hydrogen-bond acceptors (Lipinski definition) is 40. The van der Waals surface area contributed by atoms with Crippen LogP contribution >= 0.6 is 79.6 Å². The Morgan fingerprint density at radius 2 is 0.718 bits per heavy atom. The van der Waals surface area contributed by atoms with Gasteiger partial charge in [0, 0.05) is 103 Å². The molecule has 50 heteroatoms. The summed E-state index contributed by atoms with van der Waals surface area (Å²) >= 11 is 18.1. The van der Waals surface area contributed by atoms with Gasteiger partial charge in [-0.25, -0.2) is 39.9 Å². The lowest BCUT2D eigenvalue weighted by molar-refractivity contribution is 0.282. The van der Waals surface area contributed by atoms with Crippen LogP contribution in [0.5, 0.6) is 111 Å². The molecule has 1 saturated heterocycles. The quantitative estimate of drug-likeness (QED) is 0.0227. The maximum atomic E-state index is 9.84. The van der Waals surface area contributed by atoms with Gasteiger partial charge in [-0.15, -0.1) is 0 Å². The molecule has 18 heterocycles. The van der Waals surface area contributed by atoms with E-state index in [9.17, 15) is 15.6 Å². The van der Waals surface area contributed by atoms with Crippen molar-refractivity contribution < 1.29 is 47.7 Å². The van der Waals surface area contributed by atoms with E-state index >= 15 is 0 Å². The Hall–Kier alpha value is -17.8. The Labute approximate surface area is 886 Å². The fraction of sp³-hybridized carbons (Fsp3) is 0.162. The lowest BCUT2D eigenvalue weighted by Gasteiger charge is -2.41. The number of pyridine rings is 2. The lowest BCUT2D eigenvalue weighted by Crippen LogP contribution is -2.51. The number of halogens is 5. The Kier molecular flexibility index (Phi) is 31.0. The Morgan fingerprint density at radius 1 is 0.356 bits per heavy atom. The second-order valence-electron chi connectivity index (χ2n) is 32.5. The molecule has 0 radical (unpaired) electrons. The van der Waals surface area contributed by atoms with Gasteiger partial charge < -0.3 is 99.7 Å². The molecular weight excluding hydrogens is 2240 g/mol. The molecule has 1 aliphatic heterocycles. The first-order valence-electron chi connectivity index (χ1n) is 45.4. The number of benzene rings is 4. The Morgan fingerprint density at radius 3 is 1.18 bits per heavy atom. The van der Waals surface area contributed by atoms with Crippen LogP contribution in [0.25, 0.3) is 77.2 Å². The molecule has 0 bridgehead atoms. The number of aromatic amines is 5. The number of phenolic OH excluding ortho intramolecular Hbond substituents is 1. The topological polar surface area (TPSA) is 622 Å². The van der Waals surface area contributed by atoms with Crippen LogP contribution in [0.15, 0.2) is 206 Å². The van der Waals surface area contributed by atoms with Crippen LogP contribution < -0.4 is 64.7 Å². The van der Waals surface area contributed by atoms with Crippen molar-refractivity contribution in [2.75, 3.05) is 55.8 Å². The number of nitrogen functional groups attached to an aromatic ring is 3. The number of hydrogen-bond donors (Lipinski definition) is 9. The van der Waals surface area contributed by atoms with Crippen molar-refractivity contribution in [3.05, 3.63) is 252 Å². The van der Waals surface area contributed by atoms with E-state index in [1.807, 2.05) is 64.1 Å².